The zero-order chi connectivity index (χ0) is 12.8. The summed E-state index contributed by atoms with van der Waals surface area (Å²) in [6, 6.07) is 4.20. The van der Waals surface area contributed by atoms with Gasteiger partial charge in [-0.2, -0.15) is 0 Å². The summed E-state index contributed by atoms with van der Waals surface area (Å²) in [4.78, 5) is 12.2. The second kappa shape index (κ2) is 6.75. The quantitative estimate of drug-likeness (QED) is 0.663. The van der Waals surface area contributed by atoms with Gasteiger partial charge >= 0.3 is 0 Å². The Morgan fingerprint density at radius 3 is 2.35 bits per heavy atom. The SMILES string of the molecule is CCCC(CCC)C(=O)c1ccc(F)c(Cl)c1. The van der Waals surface area contributed by atoms with Gasteiger partial charge in [-0.15, -0.1) is 0 Å². The van der Waals surface area contributed by atoms with E-state index in [4.69, 9.17) is 11.6 Å². The van der Waals surface area contributed by atoms with Crippen molar-refractivity contribution < 1.29 is 9.18 Å². The predicted molar refractivity (Wildman–Crippen MR) is 69.0 cm³/mol. The van der Waals surface area contributed by atoms with Crippen molar-refractivity contribution in [2.45, 2.75) is 39.5 Å². The van der Waals surface area contributed by atoms with Crippen LogP contribution < -0.4 is 0 Å². The van der Waals surface area contributed by atoms with Crippen LogP contribution in [0.1, 0.15) is 49.9 Å². The molecule has 0 unspecified atom stereocenters. The molecular weight excluding hydrogens is 239 g/mol. The Morgan fingerprint density at radius 2 is 1.88 bits per heavy atom. The predicted octanol–water partition coefficient (Wildman–Crippen LogP) is 4.88. The minimum absolute atomic E-state index is 0.0163. The molecule has 0 aromatic heterocycles. The molecule has 1 rings (SSSR count). The number of Topliss-reactive ketones (excluding diaryl/α,β-unsaturated/α-hetero) is 1. The van der Waals surface area contributed by atoms with Crippen molar-refractivity contribution in [3.63, 3.8) is 0 Å². The average Bonchev–Trinajstić information content (AvgIpc) is 2.31. The second-order valence-corrected chi connectivity index (χ2v) is 4.67. The lowest BCUT2D eigenvalue weighted by Gasteiger charge is -2.14. The summed E-state index contributed by atoms with van der Waals surface area (Å²) >= 11 is 5.69. The van der Waals surface area contributed by atoms with Crippen LogP contribution in [0.2, 0.25) is 5.02 Å². The molecule has 0 N–H and O–H groups in total. The number of carbonyl (C=O) groups excluding carboxylic acids is 1. The Morgan fingerprint density at radius 1 is 1.29 bits per heavy atom. The smallest absolute Gasteiger partial charge is 0.165 e. The van der Waals surface area contributed by atoms with Crippen molar-refractivity contribution in [1.82, 2.24) is 0 Å². The van der Waals surface area contributed by atoms with E-state index in [9.17, 15) is 9.18 Å². The zero-order valence-electron chi connectivity index (χ0n) is 10.3. The maximum absolute atomic E-state index is 13.0. The summed E-state index contributed by atoms with van der Waals surface area (Å²) in [6.45, 7) is 4.13. The molecule has 0 saturated carbocycles. The summed E-state index contributed by atoms with van der Waals surface area (Å²) < 4.78 is 13.0. The standard InChI is InChI=1S/C14H18ClFO/c1-3-5-10(6-4-2)14(17)11-7-8-13(16)12(15)9-11/h7-10H,3-6H2,1-2H3. The molecule has 0 amide bonds. The topological polar surface area (TPSA) is 17.1 Å². The Bertz CT molecular complexity index is 384. The zero-order valence-corrected chi connectivity index (χ0v) is 11.1. The largest absolute Gasteiger partial charge is 0.294 e. The molecule has 0 aliphatic heterocycles. The molecule has 0 bridgehead atoms. The summed E-state index contributed by atoms with van der Waals surface area (Å²) in [5, 5.41) is 0.0163. The summed E-state index contributed by atoms with van der Waals surface area (Å²) in [6.07, 6.45) is 3.71. The molecule has 94 valence electrons. The van der Waals surface area contributed by atoms with Crippen molar-refractivity contribution in [3.05, 3.63) is 34.6 Å². The van der Waals surface area contributed by atoms with E-state index in [1.54, 1.807) is 0 Å². The van der Waals surface area contributed by atoms with Gasteiger partial charge in [-0.05, 0) is 31.0 Å². The van der Waals surface area contributed by atoms with Crippen molar-refractivity contribution >= 4 is 17.4 Å². The van der Waals surface area contributed by atoms with Gasteiger partial charge in [-0.1, -0.05) is 38.3 Å². The van der Waals surface area contributed by atoms with Gasteiger partial charge in [0.25, 0.3) is 0 Å². The summed E-state index contributed by atoms with van der Waals surface area (Å²) in [5.74, 6) is -0.368. The Hall–Kier alpha value is -0.890. The van der Waals surface area contributed by atoms with Gasteiger partial charge in [0.2, 0.25) is 0 Å². The molecule has 1 nitrogen and oxygen atoms in total. The van der Waals surface area contributed by atoms with Crippen LogP contribution in [-0.2, 0) is 0 Å². The highest BCUT2D eigenvalue weighted by Crippen LogP contribution is 2.22. The first kappa shape index (κ1) is 14.2. The van der Waals surface area contributed by atoms with Gasteiger partial charge in [-0.25, -0.2) is 4.39 Å². The highest BCUT2D eigenvalue weighted by Gasteiger charge is 2.19. The minimum Gasteiger partial charge on any atom is -0.294 e. The molecule has 0 atom stereocenters. The van der Waals surface area contributed by atoms with Crippen LogP contribution in [-0.4, -0.2) is 5.78 Å². The van der Waals surface area contributed by atoms with E-state index in [2.05, 4.69) is 13.8 Å². The molecule has 0 heterocycles. The van der Waals surface area contributed by atoms with Crippen LogP contribution in [0.3, 0.4) is 0 Å². The molecule has 0 radical (unpaired) electrons. The molecule has 0 spiro atoms. The first-order valence-corrected chi connectivity index (χ1v) is 6.47. The molecule has 0 saturated heterocycles. The van der Waals surface area contributed by atoms with Crippen molar-refractivity contribution in [2.75, 3.05) is 0 Å². The van der Waals surface area contributed by atoms with Gasteiger partial charge < -0.3 is 0 Å². The molecule has 0 fully saturated rings. The lowest BCUT2D eigenvalue weighted by molar-refractivity contribution is 0.0905. The van der Waals surface area contributed by atoms with Gasteiger partial charge in [-0.3, -0.25) is 4.79 Å². The minimum atomic E-state index is -0.481. The van der Waals surface area contributed by atoms with Crippen LogP contribution >= 0.6 is 11.6 Å². The van der Waals surface area contributed by atoms with Crippen LogP contribution in [0, 0.1) is 11.7 Å². The van der Waals surface area contributed by atoms with Gasteiger partial charge in [0.1, 0.15) is 5.82 Å². The lowest BCUT2D eigenvalue weighted by Crippen LogP contribution is -2.14. The number of carbonyl (C=O) groups is 1. The third kappa shape index (κ3) is 3.81. The summed E-state index contributed by atoms with van der Waals surface area (Å²) in [5.41, 5.74) is 0.517. The molecule has 1 aromatic rings. The van der Waals surface area contributed by atoms with Crippen LogP contribution in [0.25, 0.3) is 0 Å². The van der Waals surface area contributed by atoms with Crippen LogP contribution in [0.4, 0.5) is 4.39 Å². The molecule has 0 aliphatic carbocycles. The first-order chi connectivity index (χ1) is 8.10. The molecule has 0 aliphatic rings. The maximum Gasteiger partial charge on any atom is 0.165 e. The second-order valence-electron chi connectivity index (χ2n) is 4.27. The average molecular weight is 257 g/mol. The van der Waals surface area contributed by atoms with E-state index < -0.39 is 5.82 Å². The number of halogens is 2. The number of benzene rings is 1. The number of hydrogen-bond acceptors (Lipinski definition) is 1. The van der Waals surface area contributed by atoms with E-state index >= 15 is 0 Å². The molecule has 17 heavy (non-hydrogen) atoms. The number of rotatable bonds is 6. The Balaban J connectivity index is 2.88. The number of hydrogen-bond donors (Lipinski definition) is 0. The monoisotopic (exact) mass is 256 g/mol. The molecule has 3 heteroatoms. The van der Waals surface area contributed by atoms with Crippen LogP contribution in [0.15, 0.2) is 18.2 Å². The van der Waals surface area contributed by atoms with Gasteiger partial charge in [0.15, 0.2) is 5.78 Å². The highest BCUT2D eigenvalue weighted by atomic mass is 35.5. The Labute approximate surface area is 107 Å². The van der Waals surface area contributed by atoms with Gasteiger partial charge in [0.05, 0.1) is 5.02 Å². The summed E-state index contributed by atoms with van der Waals surface area (Å²) in [7, 11) is 0. The van der Waals surface area contributed by atoms with Crippen molar-refractivity contribution in [1.29, 1.82) is 0 Å². The van der Waals surface area contributed by atoms with E-state index in [0.717, 1.165) is 25.7 Å². The third-order valence-corrected chi connectivity index (χ3v) is 3.14. The fraction of sp³-hybridized carbons (Fsp3) is 0.500. The van der Waals surface area contributed by atoms with Crippen LogP contribution in [0.5, 0.6) is 0 Å². The first-order valence-electron chi connectivity index (χ1n) is 6.09. The molecule has 1 aromatic carbocycles. The lowest BCUT2D eigenvalue weighted by atomic mass is 9.90. The fourth-order valence-corrected chi connectivity index (χ4v) is 2.17. The van der Waals surface area contributed by atoms with E-state index in [1.165, 1.54) is 18.2 Å². The fourth-order valence-electron chi connectivity index (χ4n) is 1.99. The maximum atomic E-state index is 13.0. The van der Waals surface area contributed by atoms with E-state index in [1.807, 2.05) is 0 Å². The Kier molecular flexibility index (Phi) is 5.63. The van der Waals surface area contributed by atoms with E-state index in [-0.39, 0.29) is 16.7 Å². The van der Waals surface area contributed by atoms with Crippen molar-refractivity contribution in [3.8, 4) is 0 Å². The normalized spacial score (nSPS) is 10.9. The third-order valence-electron chi connectivity index (χ3n) is 2.85. The number of ketones is 1. The van der Waals surface area contributed by atoms with E-state index in [0.29, 0.717) is 5.56 Å². The van der Waals surface area contributed by atoms with Gasteiger partial charge in [0, 0.05) is 11.5 Å². The van der Waals surface area contributed by atoms with Crippen molar-refractivity contribution in [2.24, 2.45) is 5.92 Å². The molecular formula is C14H18ClFO. The highest BCUT2D eigenvalue weighted by molar-refractivity contribution is 6.31.